The van der Waals surface area contributed by atoms with E-state index >= 15 is 0 Å². The molecule has 0 saturated carbocycles. The van der Waals surface area contributed by atoms with Crippen LogP contribution in [0, 0.1) is 6.92 Å². The molecule has 1 aromatic heterocycles. The highest BCUT2D eigenvalue weighted by molar-refractivity contribution is 5.87. The number of aromatic nitrogens is 2. The lowest BCUT2D eigenvalue weighted by Crippen LogP contribution is -2.43. The Labute approximate surface area is 117 Å². The first-order chi connectivity index (χ1) is 9.44. The van der Waals surface area contributed by atoms with E-state index in [1.807, 2.05) is 45.3 Å². The first-order valence-electron chi connectivity index (χ1n) is 6.53. The Morgan fingerprint density at radius 2 is 2.25 bits per heavy atom. The summed E-state index contributed by atoms with van der Waals surface area (Å²) in [6, 6.07) is 5.25. The van der Waals surface area contributed by atoms with Crippen LogP contribution >= 0.6 is 0 Å². The summed E-state index contributed by atoms with van der Waals surface area (Å²) in [5.74, 6) is -0.855. The Bertz CT molecular complexity index is 692. The number of aryl methyl sites for hydroxylation is 2. The fourth-order valence-electron chi connectivity index (χ4n) is 3.06. The zero-order valence-electron chi connectivity index (χ0n) is 11.7. The molecule has 104 valence electrons. The van der Waals surface area contributed by atoms with Gasteiger partial charge in [0.15, 0.2) is 0 Å². The molecule has 0 saturated heterocycles. The minimum Gasteiger partial charge on any atom is -0.480 e. The van der Waals surface area contributed by atoms with Gasteiger partial charge in [-0.05, 0) is 25.0 Å². The van der Waals surface area contributed by atoms with Gasteiger partial charge in [0.1, 0.15) is 6.04 Å². The highest BCUT2D eigenvalue weighted by Gasteiger charge is 2.49. The van der Waals surface area contributed by atoms with E-state index in [2.05, 4.69) is 10.4 Å². The predicted molar refractivity (Wildman–Crippen MR) is 75.9 cm³/mol. The van der Waals surface area contributed by atoms with Gasteiger partial charge in [-0.25, -0.2) is 4.79 Å². The van der Waals surface area contributed by atoms with E-state index in [0.717, 1.165) is 22.4 Å². The lowest BCUT2D eigenvalue weighted by atomic mass is 9.74. The van der Waals surface area contributed by atoms with Gasteiger partial charge in [-0.1, -0.05) is 18.2 Å². The van der Waals surface area contributed by atoms with E-state index < -0.39 is 17.4 Å². The molecule has 0 fully saturated rings. The van der Waals surface area contributed by atoms with Gasteiger partial charge in [0, 0.05) is 24.5 Å². The zero-order valence-corrected chi connectivity index (χ0v) is 11.7. The van der Waals surface area contributed by atoms with Crippen LogP contribution in [0.3, 0.4) is 0 Å². The minimum absolute atomic E-state index is 0.624. The number of para-hydroxylation sites is 1. The van der Waals surface area contributed by atoms with Crippen molar-refractivity contribution in [3.63, 3.8) is 0 Å². The van der Waals surface area contributed by atoms with Crippen LogP contribution in [0.15, 0.2) is 30.6 Å². The first-order valence-corrected chi connectivity index (χ1v) is 6.53. The van der Waals surface area contributed by atoms with Gasteiger partial charge in [0.2, 0.25) is 0 Å². The number of rotatable bonds is 2. The number of fused-ring (bicyclic) bond motifs is 1. The van der Waals surface area contributed by atoms with E-state index in [0.29, 0.717) is 0 Å². The molecular weight excluding hydrogens is 254 g/mol. The molecule has 5 nitrogen and oxygen atoms in total. The van der Waals surface area contributed by atoms with Gasteiger partial charge in [-0.15, -0.1) is 0 Å². The Kier molecular flexibility index (Phi) is 2.61. The second-order valence-electron chi connectivity index (χ2n) is 5.52. The normalized spacial score (nSPS) is 24.2. The molecular formula is C15H17N3O2. The summed E-state index contributed by atoms with van der Waals surface area (Å²) in [5.41, 5.74) is 3.27. The lowest BCUT2D eigenvalue weighted by molar-refractivity contribution is -0.138. The summed E-state index contributed by atoms with van der Waals surface area (Å²) in [4.78, 5) is 11.7. The molecule has 2 N–H and O–H groups in total. The fourth-order valence-corrected chi connectivity index (χ4v) is 3.06. The predicted octanol–water partition coefficient (Wildman–Crippen LogP) is 1.91. The average Bonchev–Trinajstić information content (AvgIpc) is 2.94. The zero-order chi connectivity index (χ0) is 14.5. The number of aliphatic carboxylic acids is 1. The maximum atomic E-state index is 11.7. The van der Waals surface area contributed by atoms with E-state index in [-0.39, 0.29) is 0 Å². The van der Waals surface area contributed by atoms with Crippen LogP contribution in [0.2, 0.25) is 0 Å². The number of carboxylic acid groups (broad SMARTS) is 1. The van der Waals surface area contributed by atoms with Crippen LogP contribution in [0.5, 0.6) is 0 Å². The van der Waals surface area contributed by atoms with Crippen molar-refractivity contribution in [1.29, 1.82) is 0 Å². The molecule has 2 atom stereocenters. The Hall–Kier alpha value is -2.30. The van der Waals surface area contributed by atoms with E-state index in [1.165, 1.54) is 0 Å². The molecule has 0 radical (unpaired) electrons. The van der Waals surface area contributed by atoms with Crippen molar-refractivity contribution < 1.29 is 9.90 Å². The summed E-state index contributed by atoms with van der Waals surface area (Å²) < 4.78 is 1.70. The number of carbonyl (C=O) groups is 1. The SMILES string of the molecule is Cc1cccc2c1NC(C(=O)O)C2(C)c1cnn(C)c1. The van der Waals surface area contributed by atoms with Crippen LogP contribution in [-0.4, -0.2) is 26.9 Å². The molecule has 5 heteroatoms. The number of anilines is 1. The summed E-state index contributed by atoms with van der Waals surface area (Å²) >= 11 is 0. The standard InChI is InChI=1S/C15H17N3O2/c1-9-5-4-6-11-12(9)17-13(14(19)20)15(11,2)10-7-16-18(3)8-10/h4-8,13,17H,1-3H3,(H,19,20). The molecule has 0 amide bonds. The number of hydrogen-bond donors (Lipinski definition) is 2. The number of benzene rings is 1. The molecule has 1 aromatic carbocycles. The van der Waals surface area contributed by atoms with Crippen LogP contribution in [0.25, 0.3) is 0 Å². The fraction of sp³-hybridized carbons (Fsp3) is 0.333. The van der Waals surface area contributed by atoms with Crippen LogP contribution in [0.4, 0.5) is 5.69 Å². The van der Waals surface area contributed by atoms with Crippen molar-refractivity contribution in [2.45, 2.75) is 25.3 Å². The van der Waals surface area contributed by atoms with Gasteiger partial charge >= 0.3 is 5.97 Å². The molecule has 20 heavy (non-hydrogen) atoms. The number of carboxylic acids is 1. The van der Waals surface area contributed by atoms with Crippen molar-refractivity contribution >= 4 is 11.7 Å². The summed E-state index contributed by atoms with van der Waals surface area (Å²) in [5, 5.41) is 16.9. The topological polar surface area (TPSA) is 67.2 Å². The third kappa shape index (κ3) is 1.56. The van der Waals surface area contributed by atoms with E-state index in [9.17, 15) is 9.90 Å². The molecule has 2 unspecified atom stereocenters. The van der Waals surface area contributed by atoms with Crippen molar-refractivity contribution in [1.82, 2.24) is 9.78 Å². The Morgan fingerprint density at radius 1 is 1.50 bits per heavy atom. The number of nitrogens with zero attached hydrogens (tertiary/aromatic N) is 2. The molecule has 1 aliphatic heterocycles. The van der Waals surface area contributed by atoms with Gasteiger partial charge in [-0.3, -0.25) is 4.68 Å². The lowest BCUT2D eigenvalue weighted by Gasteiger charge is -2.28. The van der Waals surface area contributed by atoms with Gasteiger partial charge < -0.3 is 10.4 Å². The van der Waals surface area contributed by atoms with E-state index in [1.54, 1.807) is 10.9 Å². The Morgan fingerprint density at radius 3 is 2.85 bits per heavy atom. The molecule has 0 bridgehead atoms. The summed E-state index contributed by atoms with van der Waals surface area (Å²) in [7, 11) is 1.84. The van der Waals surface area contributed by atoms with Gasteiger partial charge in [-0.2, -0.15) is 5.10 Å². The van der Waals surface area contributed by atoms with Crippen molar-refractivity contribution in [2.75, 3.05) is 5.32 Å². The third-order valence-electron chi connectivity index (χ3n) is 4.25. The van der Waals surface area contributed by atoms with Crippen molar-refractivity contribution in [2.24, 2.45) is 7.05 Å². The third-order valence-corrected chi connectivity index (χ3v) is 4.25. The molecule has 2 heterocycles. The van der Waals surface area contributed by atoms with Gasteiger partial charge in [0.25, 0.3) is 0 Å². The highest BCUT2D eigenvalue weighted by Crippen LogP contribution is 2.46. The minimum atomic E-state index is -0.855. The van der Waals surface area contributed by atoms with Crippen LogP contribution in [-0.2, 0) is 17.3 Å². The second-order valence-corrected chi connectivity index (χ2v) is 5.52. The molecule has 0 spiro atoms. The highest BCUT2D eigenvalue weighted by atomic mass is 16.4. The van der Waals surface area contributed by atoms with Crippen LogP contribution < -0.4 is 5.32 Å². The first kappa shape index (κ1) is 12.7. The second kappa shape index (κ2) is 4.10. The smallest absolute Gasteiger partial charge is 0.327 e. The molecule has 1 aliphatic rings. The average molecular weight is 271 g/mol. The van der Waals surface area contributed by atoms with Crippen molar-refractivity contribution in [3.8, 4) is 0 Å². The summed E-state index contributed by atoms with van der Waals surface area (Å²) in [6.07, 6.45) is 3.63. The number of hydrogen-bond acceptors (Lipinski definition) is 3. The largest absolute Gasteiger partial charge is 0.480 e. The Balaban J connectivity index is 2.25. The maximum absolute atomic E-state index is 11.7. The maximum Gasteiger partial charge on any atom is 0.327 e. The van der Waals surface area contributed by atoms with Crippen molar-refractivity contribution in [3.05, 3.63) is 47.3 Å². The monoisotopic (exact) mass is 271 g/mol. The molecule has 3 rings (SSSR count). The van der Waals surface area contributed by atoms with Crippen LogP contribution in [0.1, 0.15) is 23.6 Å². The molecule has 0 aliphatic carbocycles. The molecule has 2 aromatic rings. The summed E-state index contributed by atoms with van der Waals surface area (Å²) in [6.45, 7) is 3.95. The van der Waals surface area contributed by atoms with Gasteiger partial charge in [0.05, 0.1) is 11.6 Å². The number of nitrogens with one attached hydrogen (secondary N) is 1. The quantitative estimate of drug-likeness (QED) is 0.875. The van der Waals surface area contributed by atoms with E-state index in [4.69, 9.17) is 0 Å².